The van der Waals surface area contributed by atoms with Gasteiger partial charge in [-0.25, -0.2) is 9.97 Å². The summed E-state index contributed by atoms with van der Waals surface area (Å²) in [5.74, 6) is 0.782. The van der Waals surface area contributed by atoms with E-state index < -0.39 is 10.2 Å². The van der Waals surface area contributed by atoms with Crippen molar-refractivity contribution in [2.45, 2.75) is 18.9 Å². The minimum absolute atomic E-state index is 0.242. The molecule has 22 heavy (non-hydrogen) atoms. The Labute approximate surface area is 130 Å². The zero-order valence-corrected chi connectivity index (χ0v) is 13.2. The highest BCUT2D eigenvalue weighted by atomic mass is 32.2. The van der Waals surface area contributed by atoms with Crippen molar-refractivity contribution in [2.24, 2.45) is 0 Å². The summed E-state index contributed by atoms with van der Waals surface area (Å²) in [5, 5.41) is 3.33. The van der Waals surface area contributed by atoms with Crippen molar-refractivity contribution in [1.29, 1.82) is 0 Å². The molecule has 122 valence electrons. The van der Waals surface area contributed by atoms with Crippen LogP contribution in [-0.2, 0) is 14.9 Å². The summed E-state index contributed by atoms with van der Waals surface area (Å²) >= 11 is 0. The first-order valence-electron chi connectivity index (χ1n) is 7.52. The monoisotopic (exact) mass is 327 g/mol. The fraction of sp³-hybridized carbons (Fsp3) is 0.692. The number of morpholine rings is 1. The number of nitrogens with one attached hydrogen (secondary N) is 1. The predicted octanol–water partition coefficient (Wildman–Crippen LogP) is -0.0701. The van der Waals surface area contributed by atoms with Crippen molar-refractivity contribution < 1.29 is 13.2 Å². The topological polar surface area (TPSA) is 87.7 Å². The van der Waals surface area contributed by atoms with E-state index in [0.717, 1.165) is 18.7 Å². The Bertz CT molecular complexity index is 569. The molecular weight excluding hydrogens is 306 g/mol. The van der Waals surface area contributed by atoms with E-state index in [1.165, 1.54) is 10.6 Å². The van der Waals surface area contributed by atoms with Gasteiger partial charge in [-0.3, -0.25) is 0 Å². The van der Waals surface area contributed by atoms with Gasteiger partial charge in [-0.15, -0.1) is 0 Å². The van der Waals surface area contributed by atoms with Crippen LogP contribution in [0.25, 0.3) is 0 Å². The fourth-order valence-electron chi connectivity index (χ4n) is 2.76. The molecule has 0 unspecified atom stereocenters. The SMILES string of the molecule is O=S(=O)(N1CCOCC1)N1CCC(Nc2ccncn2)CC1. The van der Waals surface area contributed by atoms with Crippen LogP contribution in [0.15, 0.2) is 18.6 Å². The molecule has 2 aliphatic rings. The average Bonchev–Trinajstić information content (AvgIpc) is 2.57. The van der Waals surface area contributed by atoms with E-state index >= 15 is 0 Å². The zero-order chi connectivity index (χ0) is 15.4. The average molecular weight is 327 g/mol. The molecule has 8 nitrogen and oxygen atoms in total. The van der Waals surface area contributed by atoms with E-state index in [-0.39, 0.29) is 6.04 Å². The first-order chi connectivity index (χ1) is 10.7. The van der Waals surface area contributed by atoms with Crippen molar-refractivity contribution in [2.75, 3.05) is 44.7 Å². The molecule has 0 radical (unpaired) electrons. The molecule has 2 saturated heterocycles. The van der Waals surface area contributed by atoms with Gasteiger partial charge in [0.1, 0.15) is 12.1 Å². The third-order valence-corrected chi connectivity index (χ3v) is 6.05. The molecule has 0 atom stereocenters. The van der Waals surface area contributed by atoms with Crippen LogP contribution in [0.1, 0.15) is 12.8 Å². The molecule has 0 aliphatic carbocycles. The van der Waals surface area contributed by atoms with Crippen LogP contribution >= 0.6 is 0 Å². The molecule has 0 aromatic carbocycles. The molecule has 1 N–H and O–H groups in total. The minimum atomic E-state index is -3.35. The summed E-state index contributed by atoms with van der Waals surface area (Å²) in [4.78, 5) is 8.02. The van der Waals surface area contributed by atoms with E-state index in [9.17, 15) is 8.42 Å². The Balaban J connectivity index is 1.54. The molecule has 2 aliphatic heterocycles. The quantitative estimate of drug-likeness (QED) is 0.833. The van der Waals surface area contributed by atoms with E-state index in [1.54, 1.807) is 10.5 Å². The van der Waals surface area contributed by atoms with Gasteiger partial charge in [-0.1, -0.05) is 0 Å². The first-order valence-corrected chi connectivity index (χ1v) is 8.91. The third kappa shape index (κ3) is 3.54. The van der Waals surface area contributed by atoms with Crippen LogP contribution in [0.5, 0.6) is 0 Å². The van der Waals surface area contributed by atoms with E-state index in [4.69, 9.17) is 4.74 Å². The predicted molar refractivity (Wildman–Crippen MR) is 81.6 cm³/mol. The zero-order valence-electron chi connectivity index (χ0n) is 12.4. The second kappa shape index (κ2) is 6.86. The molecular formula is C13H21N5O3S. The molecule has 1 aromatic rings. The van der Waals surface area contributed by atoms with Gasteiger partial charge in [0.2, 0.25) is 0 Å². The second-order valence-electron chi connectivity index (χ2n) is 5.43. The summed E-state index contributed by atoms with van der Waals surface area (Å²) in [6.45, 7) is 2.91. The lowest BCUT2D eigenvalue weighted by Crippen LogP contribution is -2.51. The highest BCUT2D eigenvalue weighted by molar-refractivity contribution is 7.86. The molecule has 2 fully saturated rings. The van der Waals surface area contributed by atoms with E-state index in [2.05, 4.69) is 15.3 Å². The van der Waals surface area contributed by atoms with Crippen LogP contribution in [0.3, 0.4) is 0 Å². The Morgan fingerprint density at radius 3 is 2.45 bits per heavy atom. The number of piperidine rings is 1. The van der Waals surface area contributed by atoms with Crippen molar-refractivity contribution in [3.05, 3.63) is 18.6 Å². The van der Waals surface area contributed by atoms with Gasteiger partial charge in [0.25, 0.3) is 10.2 Å². The fourth-order valence-corrected chi connectivity index (χ4v) is 4.37. The number of hydrogen-bond acceptors (Lipinski definition) is 6. The number of hydrogen-bond donors (Lipinski definition) is 1. The Morgan fingerprint density at radius 1 is 1.14 bits per heavy atom. The largest absolute Gasteiger partial charge is 0.379 e. The Kier molecular flexibility index (Phi) is 4.87. The maximum absolute atomic E-state index is 12.6. The van der Waals surface area contributed by atoms with Gasteiger partial charge < -0.3 is 10.1 Å². The highest BCUT2D eigenvalue weighted by Crippen LogP contribution is 2.20. The van der Waals surface area contributed by atoms with Crippen molar-refractivity contribution in [1.82, 2.24) is 18.6 Å². The summed E-state index contributed by atoms with van der Waals surface area (Å²) in [7, 11) is -3.35. The minimum Gasteiger partial charge on any atom is -0.379 e. The maximum atomic E-state index is 12.6. The Hall–Kier alpha value is -1.29. The van der Waals surface area contributed by atoms with E-state index in [1.807, 2.05) is 6.07 Å². The van der Waals surface area contributed by atoms with Crippen LogP contribution in [0.4, 0.5) is 5.82 Å². The van der Waals surface area contributed by atoms with Gasteiger partial charge >= 0.3 is 0 Å². The highest BCUT2D eigenvalue weighted by Gasteiger charge is 2.33. The van der Waals surface area contributed by atoms with Crippen LogP contribution in [-0.4, -0.2) is 72.4 Å². The third-order valence-electron chi connectivity index (χ3n) is 4.01. The lowest BCUT2D eigenvalue weighted by Gasteiger charge is -2.36. The molecule has 3 heterocycles. The molecule has 9 heteroatoms. The van der Waals surface area contributed by atoms with Gasteiger partial charge in [0.05, 0.1) is 13.2 Å². The number of ether oxygens (including phenoxy) is 1. The van der Waals surface area contributed by atoms with Crippen LogP contribution < -0.4 is 5.32 Å². The number of anilines is 1. The van der Waals surface area contributed by atoms with E-state index in [0.29, 0.717) is 39.4 Å². The standard InChI is InChI=1S/C13H21N5O3S/c19-22(20,18-7-9-21-10-8-18)17-5-2-12(3-6-17)16-13-1-4-14-11-15-13/h1,4,11-12H,2-3,5-10H2,(H,14,15,16). The molecule has 3 rings (SSSR count). The van der Waals surface area contributed by atoms with Crippen molar-refractivity contribution in [3.63, 3.8) is 0 Å². The van der Waals surface area contributed by atoms with Gasteiger partial charge in [0, 0.05) is 38.4 Å². The van der Waals surface area contributed by atoms with Gasteiger partial charge in [-0.2, -0.15) is 17.0 Å². The van der Waals surface area contributed by atoms with Gasteiger partial charge in [0.15, 0.2) is 0 Å². The normalized spacial score (nSPS) is 22.5. The van der Waals surface area contributed by atoms with Crippen molar-refractivity contribution >= 4 is 16.0 Å². The summed E-state index contributed by atoms with van der Waals surface area (Å²) in [6.07, 6.45) is 4.73. The molecule has 1 aromatic heterocycles. The smallest absolute Gasteiger partial charge is 0.282 e. The van der Waals surface area contributed by atoms with Crippen LogP contribution in [0.2, 0.25) is 0 Å². The molecule has 0 spiro atoms. The summed E-state index contributed by atoms with van der Waals surface area (Å²) in [5.41, 5.74) is 0. The van der Waals surface area contributed by atoms with Crippen LogP contribution in [0, 0.1) is 0 Å². The number of aromatic nitrogens is 2. The van der Waals surface area contributed by atoms with Gasteiger partial charge in [-0.05, 0) is 18.9 Å². The second-order valence-corrected chi connectivity index (χ2v) is 7.36. The van der Waals surface area contributed by atoms with Crippen molar-refractivity contribution in [3.8, 4) is 0 Å². The number of nitrogens with zero attached hydrogens (tertiary/aromatic N) is 4. The summed E-state index contributed by atoms with van der Waals surface area (Å²) < 4.78 is 33.4. The number of rotatable bonds is 4. The lowest BCUT2D eigenvalue weighted by atomic mass is 10.1. The first kappa shape index (κ1) is 15.6. The molecule has 0 saturated carbocycles. The molecule has 0 bridgehead atoms. The Morgan fingerprint density at radius 2 is 1.82 bits per heavy atom. The summed E-state index contributed by atoms with van der Waals surface area (Å²) in [6, 6.07) is 2.06. The lowest BCUT2D eigenvalue weighted by molar-refractivity contribution is 0.0697. The molecule has 0 amide bonds. The maximum Gasteiger partial charge on any atom is 0.282 e.